The second-order valence-corrected chi connectivity index (χ2v) is 4.58. The standard InChI is InChI=1S/C14H14N2OS/c1-16(10-11-5-7-15-8-6-11)14(17)12-3-2-4-13(18)9-12/h2-9,18H,10H2,1H3. The van der Waals surface area contributed by atoms with E-state index in [1.165, 1.54) is 0 Å². The van der Waals surface area contributed by atoms with Gasteiger partial charge in [-0.3, -0.25) is 9.78 Å². The zero-order valence-corrected chi connectivity index (χ0v) is 11.0. The molecule has 0 N–H and O–H groups in total. The summed E-state index contributed by atoms with van der Waals surface area (Å²) in [6.07, 6.45) is 3.45. The number of thiol groups is 1. The lowest BCUT2D eigenvalue weighted by Gasteiger charge is -2.17. The first-order chi connectivity index (χ1) is 8.66. The van der Waals surface area contributed by atoms with E-state index in [0.29, 0.717) is 12.1 Å². The molecule has 1 amide bonds. The first-order valence-corrected chi connectivity index (χ1v) is 6.05. The third kappa shape index (κ3) is 3.11. The third-order valence-electron chi connectivity index (χ3n) is 2.61. The number of aromatic nitrogens is 1. The van der Waals surface area contributed by atoms with Gasteiger partial charge in [-0.15, -0.1) is 12.6 Å². The lowest BCUT2D eigenvalue weighted by atomic mass is 10.2. The van der Waals surface area contributed by atoms with Crippen LogP contribution in [0.5, 0.6) is 0 Å². The molecule has 0 aliphatic rings. The molecule has 3 nitrogen and oxygen atoms in total. The van der Waals surface area contributed by atoms with Gasteiger partial charge in [0.05, 0.1) is 0 Å². The average molecular weight is 258 g/mol. The molecule has 1 aromatic carbocycles. The highest BCUT2D eigenvalue weighted by atomic mass is 32.1. The van der Waals surface area contributed by atoms with Gasteiger partial charge in [0.1, 0.15) is 0 Å². The summed E-state index contributed by atoms with van der Waals surface area (Å²) in [5.74, 6) is -0.0114. The number of hydrogen-bond donors (Lipinski definition) is 1. The summed E-state index contributed by atoms with van der Waals surface area (Å²) in [6, 6.07) is 11.1. The SMILES string of the molecule is CN(Cc1ccncc1)C(=O)c1cccc(S)c1. The Morgan fingerprint density at radius 2 is 2.00 bits per heavy atom. The molecule has 0 saturated carbocycles. The second kappa shape index (κ2) is 5.69. The van der Waals surface area contributed by atoms with Crippen molar-refractivity contribution in [2.45, 2.75) is 11.4 Å². The second-order valence-electron chi connectivity index (χ2n) is 4.07. The van der Waals surface area contributed by atoms with Gasteiger partial charge in [-0.1, -0.05) is 6.07 Å². The van der Waals surface area contributed by atoms with E-state index >= 15 is 0 Å². The maximum Gasteiger partial charge on any atom is 0.253 e. The molecule has 0 aliphatic carbocycles. The number of carbonyl (C=O) groups is 1. The number of rotatable bonds is 3. The van der Waals surface area contributed by atoms with Crippen molar-refractivity contribution in [2.24, 2.45) is 0 Å². The lowest BCUT2D eigenvalue weighted by Crippen LogP contribution is -2.26. The predicted octanol–water partition coefficient (Wildman–Crippen LogP) is 2.64. The quantitative estimate of drug-likeness (QED) is 0.859. The van der Waals surface area contributed by atoms with Gasteiger partial charge >= 0.3 is 0 Å². The molecular weight excluding hydrogens is 244 g/mol. The van der Waals surface area contributed by atoms with Crippen LogP contribution in [0.2, 0.25) is 0 Å². The van der Waals surface area contributed by atoms with E-state index in [-0.39, 0.29) is 5.91 Å². The molecule has 92 valence electrons. The maximum atomic E-state index is 12.2. The molecule has 0 radical (unpaired) electrons. The molecule has 0 bridgehead atoms. The van der Waals surface area contributed by atoms with Crippen molar-refractivity contribution in [1.29, 1.82) is 0 Å². The van der Waals surface area contributed by atoms with Gasteiger partial charge in [-0.25, -0.2) is 0 Å². The smallest absolute Gasteiger partial charge is 0.253 e. The minimum Gasteiger partial charge on any atom is -0.337 e. The van der Waals surface area contributed by atoms with Gasteiger partial charge in [-0.2, -0.15) is 0 Å². The number of benzene rings is 1. The van der Waals surface area contributed by atoms with E-state index in [1.54, 1.807) is 36.5 Å². The summed E-state index contributed by atoms with van der Waals surface area (Å²) >= 11 is 4.24. The Labute approximate surface area is 112 Å². The van der Waals surface area contributed by atoms with Crippen molar-refractivity contribution in [1.82, 2.24) is 9.88 Å². The Morgan fingerprint density at radius 1 is 1.28 bits per heavy atom. The molecule has 0 spiro atoms. The van der Waals surface area contributed by atoms with E-state index in [9.17, 15) is 4.79 Å². The van der Waals surface area contributed by atoms with Crippen LogP contribution in [0.15, 0.2) is 53.7 Å². The van der Waals surface area contributed by atoms with Crippen LogP contribution < -0.4 is 0 Å². The van der Waals surface area contributed by atoms with E-state index in [4.69, 9.17) is 0 Å². The Kier molecular flexibility index (Phi) is 3.99. The van der Waals surface area contributed by atoms with Gasteiger partial charge in [-0.05, 0) is 35.9 Å². The summed E-state index contributed by atoms with van der Waals surface area (Å²) in [6.45, 7) is 0.568. The van der Waals surface area contributed by atoms with Gasteiger partial charge < -0.3 is 4.90 Å². The lowest BCUT2D eigenvalue weighted by molar-refractivity contribution is 0.0785. The number of amides is 1. The van der Waals surface area contributed by atoms with Crippen LogP contribution in [0.4, 0.5) is 0 Å². The van der Waals surface area contributed by atoms with E-state index in [2.05, 4.69) is 17.6 Å². The van der Waals surface area contributed by atoms with Crippen molar-refractivity contribution in [3.05, 3.63) is 59.9 Å². The number of carbonyl (C=O) groups excluding carboxylic acids is 1. The van der Waals surface area contributed by atoms with Gasteiger partial charge in [0.15, 0.2) is 0 Å². The van der Waals surface area contributed by atoms with Crippen LogP contribution in [-0.2, 0) is 6.54 Å². The Bertz CT molecular complexity index is 543. The van der Waals surface area contributed by atoms with Crippen molar-refractivity contribution in [2.75, 3.05) is 7.05 Å². The molecular formula is C14H14N2OS. The highest BCUT2D eigenvalue weighted by molar-refractivity contribution is 7.80. The van der Waals surface area contributed by atoms with Crippen molar-refractivity contribution < 1.29 is 4.79 Å². The zero-order valence-electron chi connectivity index (χ0n) is 10.1. The van der Waals surface area contributed by atoms with Gasteiger partial charge in [0.2, 0.25) is 0 Å². The third-order valence-corrected chi connectivity index (χ3v) is 2.89. The molecule has 0 atom stereocenters. The van der Waals surface area contributed by atoms with Crippen LogP contribution in [-0.4, -0.2) is 22.8 Å². The maximum absolute atomic E-state index is 12.2. The summed E-state index contributed by atoms with van der Waals surface area (Å²) in [4.78, 5) is 18.6. The highest BCUT2D eigenvalue weighted by Crippen LogP contribution is 2.12. The van der Waals surface area contributed by atoms with Crippen LogP contribution in [0.3, 0.4) is 0 Å². The van der Waals surface area contributed by atoms with Gasteiger partial charge in [0, 0.05) is 36.4 Å². The summed E-state index contributed by atoms with van der Waals surface area (Å²) in [5.41, 5.74) is 1.71. The largest absolute Gasteiger partial charge is 0.337 e. The van der Waals surface area contributed by atoms with Crippen LogP contribution >= 0.6 is 12.6 Å². The molecule has 0 fully saturated rings. The van der Waals surface area contributed by atoms with E-state index in [0.717, 1.165) is 10.5 Å². The molecule has 2 aromatic rings. The van der Waals surface area contributed by atoms with Crippen LogP contribution in [0.1, 0.15) is 15.9 Å². The number of nitrogens with zero attached hydrogens (tertiary/aromatic N) is 2. The van der Waals surface area contributed by atoms with Crippen LogP contribution in [0, 0.1) is 0 Å². The molecule has 1 aromatic heterocycles. The molecule has 0 unspecified atom stereocenters. The first-order valence-electron chi connectivity index (χ1n) is 5.60. The molecule has 0 aliphatic heterocycles. The van der Waals surface area contributed by atoms with Crippen molar-refractivity contribution in [3.63, 3.8) is 0 Å². The monoisotopic (exact) mass is 258 g/mol. The van der Waals surface area contributed by atoms with Crippen LogP contribution in [0.25, 0.3) is 0 Å². The molecule has 1 heterocycles. The fourth-order valence-corrected chi connectivity index (χ4v) is 1.92. The topological polar surface area (TPSA) is 33.2 Å². The number of hydrogen-bond acceptors (Lipinski definition) is 3. The molecule has 4 heteroatoms. The fraction of sp³-hybridized carbons (Fsp3) is 0.143. The zero-order chi connectivity index (χ0) is 13.0. The normalized spacial score (nSPS) is 10.1. The minimum atomic E-state index is -0.0114. The van der Waals surface area contributed by atoms with Crippen molar-refractivity contribution >= 4 is 18.5 Å². The molecule has 18 heavy (non-hydrogen) atoms. The number of pyridine rings is 1. The molecule has 0 saturated heterocycles. The van der Waals surface area contributed by atoms with Crippen molar-refractivity contribution in [3.8, 4) is 0 Å². The summed E-state index contributed by atoms with van der Waals surface area (Å²) < 4.78 is 0. The summed E-state index contributed by atoms with van der Waals surface area (Å²) in [7, 11) is 1.79. The fourth-order valence-electron chi connectivity index (χ4n) is 1.69. The van der Waals surface area contributed by atoms with E-state index < -0.39 is 0 Å². The average Bonchev–Trinajstić information content (AvgIpc) is 2.39. The Hall–Kier alpha value is -1.81. The Morgan fingerprint density at radius 3 is 2.67 bits per heavy atom. The molecule has 2 rings (SSSR count). The highest BCUT2D eigenvalue weighted by Gasteiger charge is 2.11. The predicted molar refractivity (Wildman–Crippen MR) is 73.7 cm³/mol. The first kappa shape index (κ1) is 12.6. The minimum absolute atomic E-state index is 0.0114. The van der Waals surface area contributed by atoms with Gasteiger partial charge in [0.25, 0.3) is 5.91 Å². The summed E-state index contributed by atoms with van der Waals surface area (Å²) in [5, 5.41) is 0. The Balaban J connectivity index is 2.10. The van der Waals surface area contributed by atoms with E-state index in [1.807, 2.05) is 24.3 Å².